The molecule has 36 heavy (non-hydrogen) atoms. The largest absolute Gasteiger partial charge is 0.442 e. The minimum atomic E-state index is -6.56. The van der Waals surface area contributed by atoms with Gasteiger partial charge in [0.2, 0.25) is 0 Å². The van der Waals surface area contributed by atoms with Gasteiger partial charge in [-0.3, -0.25) is 4.79 Å². The van der Waals surface area contributed by atoms with Crippen LogP contribution in [0, 0.1) is 0 Å². The van der Waals surface area contributed by atoms with Crippen LogP contribution in [0.4, 0.5) is 52.7 Å². The second kappa shape index (κ2) is 10.3. The SMILES string of the molecule is CCC(C)c1cc(C(OCOC)(C(F)(F)F)C(F)(F)F)cc(C(OC(C)=O)(C(F)(F)F)C(F)(F)F)c1. The Hall–Kier alpha value is -2.23. The molecule has 0 bridgehead atoms. The van der Waals surface area contributed by atoms with Gasteiger partial charge in [0.25, 0.3) is 5.60 Å². The molecule has 1 rings (SSSR count). The van der Waals surface area contributed by atoms with Crippen LogP contribution >= 0.6 is 0 Å². The van der Waals surface area contributed by atoms with E-state index in [1.807, 2.05) is 0 Å². The smallest absolute Gasteiger partial charge is 0.435 e. The second-order valence-corrected chi connectivity index (χ2v) is 7.65. The molecular formula is C20H20F12O4. The van der Waals surface area contributed by atoms with Crippen LogP contribution < -0.4 is 0 Å². The predicted octanol–water partition coefficient (Wildman–Crippen LogP) is 7.02. The molecule has 4 nitrogen and oxygen atoms in total. The highest BCUT2D eigenvalue weighted by Gasteiger charge is 2.77. The maximum absolute atomic E-state index is 14.0. The van der Waals surface area contributed by atoms with E-state index in [1.165, 1.54) is 6.92 Å². The third-order valence-electron chi connectivity index (χ3n) is 5.24. The predicted molar refractivity (Wildman–Crippen MR) is 97.5 cm³/mol. The average molecular weight is 552 g/mol. The lowest BCUT2D eigenvalue weighted by atomic mass is 9.81. The number of methoxy groups -OCH3 is 1. The van der Waals surface area contributed by atoms with E-state index in [4.69, 9.17) is 0 Å². The molecule has 0 aliphatic carbocycles. The zero-order valence-corrected chi connectivity index (χ0v) is 18.9. The van der Waals surface area contributed by atoms with Gasteiger partial charge in [0.15, 0.2) is 0 Å². The van der Waals surface area contributed by atoms with Crippen LogP contribution in [0.3, 0.4) is 0 Å². The summed E-state index contributed by atoms with van der Waals surface area (Å²) in [5, 5.41) is 0. The first-order chi connectivity index (χ1) is 16.0. The summed E-state index contributed by atoms with van der Waals surface area (Å²) < 4.78 is 179. The van der Waals surface area contributed by atoms with E-state index in [2.05, 4.69) is 14.2 Å². The Kier molecular flexibility index (Phi) is 9.07. The van der Waals surface area contributed by atoms with Gasteiger partial charge < -0.3 is 14.2 Å². The van der Waals surface area contributed by atoms with E-state index in [-0.39, 0.29) is 25.5 Å². The number of hydrogen-bond acceptors (Lipinski definition) is 4. The lowest BCUT2D eigenvalue weighted by molar-refractivity contribution is -0.400. The highest BCUT2D eigenvalue weighted by molar-refractivity contribution is 5.67. The van der Waals surface area contributed by atoms with E-state index >= 15 is 0 Å². The standard InChI is InChI=1S/C20H20F12O4/c1-5-10(2)12-6-13(15(17(21,22)23,18(24,25)26)35-9-34-4)8-14(7-12)16(19(27,28)29,20(30,31)32)36-11(3)33/h6-8,10H,5,9H2,1-4H3. The number of ether oxygens (including phenoxy) is 3. The van der Waals surface area contributed by atoms with Gasteiger partial charge in [-0.25, -0.2) is 0 Å². The summed E-state index contributed by atoms with van der Waals surface area (Å²) >= 11 is 0. The first kappa shape index (κ1) is 31.8. The number of carbonyl (C=O) groups excluding carboxylic acids is 1. The molecule has 0 spiro atoms. The van der Waals surface area contributed by atoms with Crippen LogP contribution in [-0.4, -0.2) is 44.6 Å². The normalized spacial score (nSPS) is 15.1. The quantitative estimate of drug-likeness (QED) is 0.198. The van der Waals surface area contributed by atoms with E-state index in [1.54, 1.807) is 0 Å². The van der Waals surface area contributed by atoms with Crippen molar-refractivity contribution in [1.29, 1.82) is 0 Å². The molecule has 0 radical (unpaired) electrons. The maximum Gasteiger partial charge on any atom is 0.442 e. The van der Waals surface area contributed by atoms with Crippen LogP contribution in [0.2, 0.25) is 0 Å². The molecule has 1 aromatic carbocycles. The lowest BCUT2D eigenvalue weighted by Crippen LogP contribution is -2.58. The third kappa shape index (κ3) is 5.53. The molecule has 0 N–H and O–H groups in total. The lowest BCUT2D eigenvalue weighted by Gasteiger charge is -2.40. The fourth-order valence-electron chi connectivity index (χ4n) is 3.34. The molecule has 0 aliphatic heterocycles. The van der Waals surface area contributed by atoms with Gasteiger partial charge in [-0.1, -0.05) is 26.0 Å². The number of alkyl halides is 12. The summed E-state index contributed by atoms with van der Waals surface area (Å²) in [5.41, 5.74) is -16.2. The highest BCUT2D eigenvalue weighted by Crippen LogP contribution is 2.57. The number of hydrogen-bond donors (Lipinski definition) is 0. The first-order valence-corrected chi connectivity index (χ1v) is 9.78. The van der Waals surface area contributed by atoms with E-state index in [0.29, 0.717) is 7.11 Å². The Labute approximate surface area is 196 Å². The Morgan fingerprint density at radius 1 is 0.778 bits per heavy atom. The topological polar surface area (TPSA) is 44.8 Å². The summed E-state index contributed by atoms with van der Waals surface area (Å²) in [5.74, 6) is -3.30. The first-order valence-electron chi connectivity index (χ1n) is 9.78. The fourth-order valence-corrected chi connectivity index (χ4v) is 3.34. The molecule has 16 heteroatoms. The molecule has 0 aromatic heterocycles. The van der Waals surface area contributed by atoms with Crippen LogP contribution in [0.15, 0.2) is 18.2 Å². The van der Waals surface area contributed by atoms with Crippen LogP contribution in [-0.2, 0) is 30.2 Å². The van der Waals surface area contributed by atoms with Crippen molar-refractivity contribution in [2.45, 2.75) is 69.0 Å². The number of esters is 1. The zero-order chi connectivity index (χ0) is 28.5. The van der Waals surface area contributed by atoms with Crippen molar-refractivity contribution >= 4 is 5.97 Å². The van der Waals surface area contributed by atoms with Crippen LogP contribution in [0.1, 0.15) is 49.8 Å². The van der Waals surface area contributed by atoms with E-state index in [0.717, 1.165) is 6.92 Å². The van der Waals surface area contributed by atoms with Crippen molar-refractivity contribution in [2.75, 3.05) is 13.9 Å². The summed E-state index contributed by atoms with van der Waals surface area (Å²) in [6.45, 7) is 0.918. The van der Waals surface area contributed by atoms with Crippen molar-refractivity contribution in [3.05, 3.63) is 34.9 Å². The van der Waals surface area contributed by atoms with Crippen molar-refractivity contribution in [3.8, 4) is 0 Å². The van der Waals surface area contributed by atoms with Crippen molar-refractivity contribution in [2.24, 2.45) is 0 Å². The number of rotatable bonds is 8. The van der Waals surface area contributed by atoms with Gasteiger partial charge in [0.05, 0.1) is 0 Å². The monoisotopic (exact) mass is 552 g/mol. The zero-order valence-electron chi connectivity index (χ0n) is 18.9. The molecular weight excluding hydrogens is 532 g/mol. The summed E-state index contributed by atoms with van der Waals surface area (Å²) in [6.07, 6.45) is -26.1. The third-order valence-corrected chi connectivity index (χ3v) is 5.24. The van der Waals surface area contributed by atoms with Crippen LogP contribution in [0.25, 0.3) is 0 Å². The molecule has 0 heterocycles. The summed E-state index contributed by atoms with van der Waals surface area (Å²) in [4.78, 5) is 11.3. The number of benzene rings is 1. The summed E-state index contributed by atoms with van der Waals surface area (Å²) in [7, 11) is 0.636. The van der Waals surface area contributed by atoms with Gasteiger partial charge in [0.1, 0.15) is 6.79 Å². The maximum atomic E-state index is 14.0. The van der Waals surface area contributed by atoms with Gasteiger partial charge in [-0.15, -0.1) is 0 Å². The Morgan fingerprint density at radius 2 is 1.17 bits per heavy atom. The average Bonchev–Trinajstić information content (AvgIpc) is 2.67. The highest BCUT2D eigenvalue weighted by atomic mass is 19.4. The molecule has 208 valence electrons. The number of carbonyl (C=O) groups is 1. The van der Waals surface area contributed by atoms with Crippen molar-refractivity contribution in [3.63, 3.8) is 0 Å². The molecule has 1 unspecified atom stereocenters. The minimum Gasteiger partial charge on any atom is -0.435 e. The molecule has 0 saturated heterocycles. The van der Waals surface area contributed by atoms with Gasteiger partial charge in [-0.05, 0) is 24.0 Å². The molecule has 0 aliphatic rings. The Balaban J connectivity index is 4.41. The van der Waals surface area contributed by atoms with E-state index in [9.17, 15) is 57.5 Å². The van der Waals surface area contributed by atoms with Gasteiger partial charge >= 0.3 is 36.3 Å². The number of halogens is 12. The Bertz CT molecular complexity index is 887. The summed E-state index contributed by atoms with van der Waals surface area (Å²) in [6, 6.07) is -0.401. The van der Waals surface area contributed by atoms with E-state index < -0.39 is 77.3 Å². The van der Waals surface area contributed by atoms with Gasteiger partial charge in [0, 0.05) is 25.2 Å². The molecule has 0 saturated carbocycles. The second-order valence-electron chi connectivity index (χ2n) is 7.65. The van der Waals surface area contributed by atoms with Gasteiger partial charge in [-0.2, -0.15) is 52.7 Å². The molecule has 1 atom stereocenters. The molecule has 1 aromatic rings. The minimum absolute atomic E-state index is 0.0927. The fraction of sp³-hybridized carbons (Fsp3) is 0.650. The van der Waals surface area contributed by atoms with Crippen molar-refractivity contribution < 1.29 is 71.7 Å². The van der Waals surface area contributed by atoms with Crippen LogP contribution in [0.5, 0.6) is 0 Å². The Morgan fingerprint density at radius 3 is 1.47 bits per heavy atom. The van der Waals surface area contributed by atoms with Crippen molar-refractivity contribution in [1.82, 2.24) is 0 Å². The molecule has 0 amide bonds. The molecule has 0 fully saturated rings.